The molecule has 0 saturated carbocycles. The van der Waals surface area contributed by atoms with Crippen LogP contribution >= 0.6 is 0 Å². The Morgan fingerprint density at radius 3 is 1.94 bits per heavy atom. The van der Waals surface area contributed by atoms with E-state index in [-0.39, 0.29) is 18.9 Å². The van der Waals surface area contributed by atoms with Crippen molar-refractivity contribution in [2.45, 2.75) is 24.9 Å². The minimum Gasteiger partial charge on any atom is -0.454 e. The second kappa shape index (κ2) is 11.9. The minimum absolute atomic E-state index is 0.0422. The maximum Gasteiger partial charge on any atom is 0.231 e. The molecular formula is C41H35N5O4. The number of aromatic nitrogens is 3. The maximum atomic E-state index is 5.65. The van der Waals surface area contributed by atoms with Gasteiger partial charge in [-0.25, -0.2) is 4.98 Å². The smallest absolute Gasteiger partial charge is 0.231 e. The van der Waals surface area contributed by atoms with Crippen molar-refractivity contribution < 1.29 is 18.9 Å². The lowest BCUT2D eigenvalue weighted by Gasteiger charge is -2.37. The van der Waals surface area contributed by atoms with Crippen molar-refractivity contribution in [1.29, 1.82) is 0 Å². The van der Waals surface area contributed by atoms with E-state index in [4.69, 9.17) is 18.9 Å². The van der Waals surface area contributed by atoms with Crippen LogP contribution in [-0.2, 0) is 12.8 Å². The van der Waals surface area contributed by atoms with Gasteiger partial charge in [-0.05, 0) is 83.6 Å². The molecule has 0 fully saturated rings. The van der Waals surface area contributed by atoms with Crippen LogP contribution < -0.4 is 29.2 Å². The molecule has 0 amide bonds. The molecule has 3 N–H and O–H groups in total. The van der Waals surface area contributed by atoms with Crippen molar-refractivity contribution in [3.05, 3.63) is 143 Å². The van der Waals surface area contributed by atoms with Gasteiger partial charge in [-0.2, -0.15) is 0 Å². The summed E-state index contributed by atoms with van der Waals surface area (Å²) in [5, 5.41) is 6.26. The third-order valence-electron chi connectivity index (χ3n) is 10.3. The number of rotatable bonds is 3. The van der Waals surface area contributed by atoms with Crippen LogP contribution in [0.25, 0.3) is 21.8 Å². The van der Waals surface area contributed by atoms with Crippen LogP contribution in [0.3, 0.4) is 0 Å². The molecule has 50 heavy (non-hydrogen) atoms. The molecule has 0 spiro atoms. The highest BCUT2D eigenvalue weighted by Crippen LogP contribution is 2.43. The average molecular weight is 662 g/mol. The number of benzene rings is 4. The number of anilines is 1. The molecule has 2 atom stereocenters. The summed E-state index contributed by atoms with van der Waals surface area (Å²) in [6.45, 7) is 2.48. The maximum absolute atomic E-state index is 5.65. The number of ether oxygens (including phenoxy) is 4. The molecule has 7 heterocycles. The van der Waals surface area contributed by atoms with E-state index in [0.29, 0.717) is 6.79 Å². The first kappa shape index (κ1) is 29.0. The van der Waals surface area contributed by atoms with E-state index in [1.54, 1.807) is 0 Å². The Labute approximate surface area is 288 Å². The van der Waals surface area contributed by atoms with Gasteiger partial charge in [-0.3, -0.25) is 0 Å². The highest BCUT2D eigenvalue weighted by Gasteiger charge is 2.33. The SMILES string of the molecule is c1ccc(N2CCc3c([nH]c4ccccc34)C2c2ccc3c(c2)OCO3)nc1.c1ccc2c3c([nH]c2c1)C(c1ccc2c(c1)OCO2)NCC3. The first-order valence-electron chi connectivity index (χ1n) is 17.2. The van der Waals surface area contributed by atoms with E-state index in [0.717, 1.165) is 54.7 Å². The van der Waals surface area contributed by atoms with Crippen molar-refractivity contribution >= 4 is 27.6 Å². The molecule has 7 aromatic rings. The summed E-state index contributed by atoms with van der Waals surface area (Å²) in [5.41, 5.74) is 10.1. The van der Waals surface area contributed by atoms with E-state index < -0.39 is 0 Å². The van der Waals surface area contributed by atoms with Crippen molar-refractivity contribution in [1.82, 2.24) is 20.3 Å². The number of para-hydroxylation sites is 2. The number of pyridine rings is 1. The van der Waals surface area contributed by atoms with Gasteiger partial charge >= 0.3 is 0 Å². The van der Waals surface area contributed by atoms with Crippen molar-refractivity contribution in [2.24, 2.45) is 0 Å². The van der Waals surface area contributed by atoms with E-state index in [1.165, 1.54) is 55.4 Å². The highest BCUT2D eigenvalue weighted by atomic mass is 16.7. The van der Waals surface area contributed by atoms with E-state index in [9.17, 15) is 0 Å². The number of nitrogens with one attached hydrogen (secondary N) is 3. The normalized spacial score (nSPS) is 18.4. The summed E-state index contributed by atoms with van der Waals surface area (Å²) in [4.78, 5) is 14.3. The number of fused-ring (bicyclic) bond motifs is 8. The van der Waals surface area contributed by atoms with Crippen LogP contribution in [0.1, 0.15) is 45.7 Å². The van der Waals surface area contributed by atoms with Gasteiger partial charge in [0.2, 0.25) is 13.6 Å². The monoisotopic (exact) mass is 661 g/mol. The lowest BCUT2D eigenvalue weighted by Crippen LogP contribution is -2.36. The largest absolute Gasteiger partial charge is 0.454 e. The first-order chi connectivity index (χ1) is 24.8. The van der Waals surface area contributed by atoms with Gasteiger partial charge in [0.1, 0.15) is 5.82 Å². The number of nitrogens with zero attached hydrogens (tertiary/aromatic N) is 2. The Morgan fingerprint density at radius 1 is 0.600 bits per heavy atom. The predicted molar refractivity (Wildman–Crippen MR) is 192 cm³/mol. The van der Waals surface area contributed by atoms with E-state index in [1.807, 2.05) is 30.5 Å². The third kappa shape index (κ3) is 4.84. The Hall–Kier alpha value is -5.93. The zero-order valence-corrected chi connectivity index (χ0v) is 27.3. The third-order valence-corrected chi connectivity index (χ3v) is 10.3. The molecule has 0 bridgehead atoms. The van der Waals surface area contributed by atoms with Crippen LogP contribution in [0.15, 0.2) is 109 Å². The second-order valence-electron chi connectivity index (χ2n) is 13.0. The fourth-order valence-electron chi connectivity index (χ4n) is 8.00. The van der Waals surface area contributed by atoms with E-state index in [2.05, 4.69) is 104 Å². The molecule has 4 aromatic carbocycles. The van der Waals surface area contributed by atoms with E-state index >= 15 is 0 Å². The van der Waals surface area contributed by atoms with Crippen molar-refractivity contribution in [3.8, 4) is 23.0 Å². The highest BCUT2D eigenvalue weighted by molar-refractivity contribution is 5.86. The summed E-state index contributed by atoms with van der Waals surface area (Å²) < 4.78 is 22.1. The Balaban J connectivity index is 0.000000130. The molecule has 3 aromatic heterocycles. The second-order valence-corrected chi connectivity index (χ2v) is 13.0. The van der Waals surface area contributed by atoms with Crippen molar-refractivity contribution in [2.75, 3.05) is 31.6 Å². The molecule has 0 saturated heterocycles. The van der Waals surface area contributed by atoms with Crippen LogP contribution in [0, 0.1) is 0 Å². The lowest BCUT2D eigenvalue weighted by molar-refractivity contribution is 0.173. The first-order valence-corrected chi connectivity index (χ1v) is 17.2. The summed E-state index contributed by atoms with van der Waals surface area (Å²) in [6.07, 6.45) is 3.89. The van der Waals surface area contributed by atoms with Crippen LogP contribution in [0.2, 0.25) is 0 Å². The van der Waals surface area contributed by atoms with Crippen LogP contribution in [0.5, 0.6) is 23.0 Å². The van der Waals surface area contributed by atoms with Gasteiger partial charge in [0.25, 0.3) is 0 Å². The molecule has 4 aliphatic rings. The molecule has 4 aliphatic heterocycles. The summed E-state index contributed by atoms with van der Waals surface area (Å²) in [7, 11) is 0. The number of hydrogen-bond acceptors (Lipinski definition) is 7. The summed E-state index contributed by atoms with van der Waals surface area (Å²) in [6, 6.07) is 35.8. The van der Waals surface area contributed by atoms with Gasteiger partial charge in [0.05, 0.1) is 12.1 Å². The van der Waals surface area contributed by atoms with Gasteiger partial charge in [-0.15, -0.1) is 0 Å². The fraction of sp³-hybridized carbons (Fsp3) is 0.195. The Morgan fingerprint density at radius 2 is 1.22 bits per heavy atom. The Kier molecular flexibility index (Phi) is 6.90. The van der Waals surface area contributed by atoms with Gasteiger partial charge in [0.15, 0.2) is 23.0 Å². The van der Waals surface area contributed by atoms with Crippen LogP contribution in [-0.4, -0.2) is 41.6 Å². The minimum atomic E-state index is 0.0422. The molecule has 11 rings (SSSR count). The quantitative estimate of drug-likeness (QED) is 0.180. The Bertz CT molecular complexity index is 2370. The topological polar surface area (TPSA) is 96.7 Å². The van der Waals surface area contributed by atoms with Crippen LogP contribution in [0.4, 0.5) is 5.82 Å². The zero-order chi connectivity index (χ0) is 33.0. The molecular weight excluding hydrogens is 626 g/mol. The molecule has 9 heteroatoms. The fourth-order valence-corrected chi connectivity index (χ4v) is 8.00. The molecule has 9 nitrogen and oxygen atoms in total. The summed E-state index contributed by atoms with van der Waals surface area (Å²) in [5.74, 6) is 4.26. The summed E-state index contributed by atoms with van der Waals surface area (Å²) >= 11 is 0. The zero-order valence-electron chi connectivity index (χ0n) is 27.3. The molecule has 0 aliphatic carbocycles. The van der Waals surface area contributed by atoms with Gasteiger partial charge in [-0.1, -0.05) is 54.6 Å². The average Bonchev–Trinajstić information content (AvgIpc) is 3.99. The molecule has 248 valence electrons. The number of H-pyrrole nitrogens is 2. The van der Waals surface area contributed by atoms with Gasteiger partial charge < -0.3 is 39.1 Å². The predicted octanol–water partition coefficient (Wildman–Crippen LogP) is 7.58. The number of hydrogen-bond donors (Lipinski definition) is 3. The molecule has 2 unspecified atom stereocenters. The lowest BCUT2D eigenvalue weighted by atomic mass is 9.92. The number of aromatic amines is 2. The molecule has 0 radical (unpaired) electrons. The standard InChI is InChI=1S/C23H19N3O2.C18H16N2O2/c1-2-6-18-16(5-1)17-10-12-26(21-7-3-4-11-24-21)23(22(17)25-18)15-8-9-19-20(13-15)28-14-27-19;1-2-4-14-12(3-1)13-7-8-19-17(18(13)20-14)11-5-6-15-16(9-11)22-10-21-15/h1-9,11,13,23,25H,10,12,14H2;1-6,9,17,19-20H,7-8,10H2. The van der Waals surface area contributed by atoms with Gasteiger partial charge in [0, 0.05) is 52.5 Å². The van der Waals surface area contributed by atoms with Crippen molar-refractivity contribution in [3.63, 3.8) is 0 Å².